The van der Waals surface area contributed by atoms with Crippen LogP contribution in [-0.4, -0.2) is 10.1 Å². The maximum atomic E-state index is 10.5. The van der Waals surface area contributed by atoms with E-state index in [1.807, 2.05) is 42.6 Å². The monoisotopic (exact) mass is 269 g/mol. The Hall–Kier alpha value is -1.71. The molecule has 96 valence electrons. The molecule has 0 bridgehead atoms. The van der Waals surface area contributed by atoms with Gasteiger partial charge in [-0.1, -0.05) is 18.2 Å². The summed E-state index contributed by atoms with van der Waals surface area (Å²) in [6.07, 6.45) is -0.644. The van der Waals surface area contributed by atoms with Crippen LogP contribution in [0.2, 0.25) is 0 Å². The van der Waals surface area contributed by atoms with Gasteiger partial charge in [0.1, 0.15) is 6.10 Å². The maximum absolute atomic E-state index is 10.5. The fourth-order valence-corrected chi connectivity index (χ4v) is 3.09. The molecule has 19 heavy (non-hydrogen) atoms. The molecular formula is C16H15NOS. The van der Waals surface area contributed by atoms with Gasteiger partial charge in [0, 0.05) is 15.8 Å². The van der Waals surface area contributed by atoms with Crippen LogP contribution in [0.1, 0.15) is 27.8 Å². The topological polar surface area (TPSA) is 33.1 Å². The summed E-state index contributed by atoms with van der Waals surface area (Å²) in [5, 5.41) is 13.6. The van der Waals surface area contributed by atoms with Crippen molar-refractivity contribution in [2.24, 2.45) is 0 Å². The number of hydrogen-bond donors (Lipinski definition) is 1. The van der Waals surface area contributed by atoms with E-state index in [9.17, 15) is 5.11 Å². The van der Waals surface area contributed by atoms with Crippen molar-refractivity contribution in [3.05, 3.63) is 63.5 Å². The molecule has 0 aliphatic carbocycles. The third kappa shape index (κ3) is 2.15. The molecule has 0 radical (unpaired) electrons. The fourth-order valence-electron chi connectivity index (χ4n) is 2.35. The lowest BCUT2D eigenvalue weighted by molar-refractivity contribution is 0.215. The summed E-state index contributed by atoms with van der Waals surface area (Å²) in [7, 11) is 0. The first-order valence-electron chi connectivity index (χ1n) is 6.25. The summed E-state index contributed by atoms with van der Waals surface area (Å²) in [5.74, 6) is 0. The summed E-state index contributed by atoms with van der Waals surface area (Å²) >= 11 is 1.65. The van der Waals surface area contributed by atoms with E-state index in [4.69, 9.17) is 0 Å². The van der Waals surface area contributed by atoms with Gasteiger partial charge in [-0.2, -0.15) is 0 Å². The standard InChI is InChI=1S/C16H15NOS/c1-10-9-15(16(18)13-7-8-19-11(13)2)17-14-6-4-3-5-12(10)14/h3-9,16,18H,1-2H3. The van der Waals surface area contributed by atoms with Crippen molar-refractivity contribution >= 4 is 22.2 Å². The number of aromatic nitrogens is 1. The van der Waals surface area contributed by atoms with Crippen LogP contribution >= 0.6 is 11.3 Å². The van der Waals surface area contributed by atoms with Crippen molar-refractivity contribution in [1.29, 1.82) is 0 Å². The van der Waals surface area contributed by atoms with E-state index >= 15 is 0 Å². The quantitative estimate of drug-likeness (QED) is 0.763. The normalized spacial score (nSPS) is 12.8. The molecule has 2 aromatic heterocycles. The van der Waals surface area contributed by atoms with E-state index in [1.165, 1.54) is 0 Å². The molecule has 2 nitrogen and oxygen atoms in total. The summed E-state index contributed by atoms with van der Waals surface area (Å²) in [4.78, 5) is 5.73. The lowest BCUT2D eigenvalue weighted by Gasteiger charge is -2.12. The third-order valence-corrected chi connectivity index (χ3v) is 4.28. The summed E-state index contributed by atoms with van der Waals surface area (Å²) in [6.45, 7) is 4.08. The first-order chi connectivity index (χ1) is 9.16. The van der Waals surface area contributed by atoms with Crippen molar-refractivity contribution in [2.75, 3.05) is 0 Å². The smallest absolute Gasteiger partial charge is 0.122 e. The highest BCUT2D eigenvalue weighted by Gasteiger charge is 2.16. The van der Waals surface area contributed by atoms with Crippen LogP contribution in [-0.2, 0) is 0 Å². The molecule has 3 heteroatoms. The first kappa shape index (κ1) is 12.3. The van der Waals surface area contributed by atoms with Crippen molar-refractivity contribution in [3.8, 4) is 0 Å². The van der Waals surface area contributed by atoms with E-state index in [1.54, 1.807) is 11.3 Å². The number of hydrogen-bond acceptors (Lipinski definition) is 3. The predicted molar refractivity (Wildman–Crippen MR) is 79.6 cm³/mol. The van der Waals surface area contributed by atoms with Crippen LogP contribution in [0.3, 0.4) is 0 Å². The van der Waals surface area contributed by atoms with E-state index in [-0.39, 0.29) is 0 Å². The van der Waals surface area contributed by atoms with E-state index in [0.717, 1.165) is 32.6 Å². The van der Waals surface area contributed by atoms with Gasteiger partial charge in [0.2, 0.25) is 0 Å². The maximum Gasteiger partial charge on any atom is 0.122 e. The van der Waals surface area contributed by atoms with Crippen LogP contribution in [0.15, 0.2) is 41.8 Å². The van der Waals surface area contributed by atoms with Crippen molar-refractivity contribution < 1.29 is 5.11 Å². The molecule has 0 saturated heterocycles. The minimum atomic E-state index is -0.644. The van der Waals surface area contributed by atoms with Gasteiger partial charge in [0.05, 0.1) is 11.2 Å². The molecule has 0 amide bonds. The molecule has 1 N–H and O–H groups in total. The van der Waals surface area contributed by atoms with Crippen LogP contribution in [0.4, 0.5) is 0 Å². The fraction of sp³-hybridized carbons (Fsp3) is 0.188. The van der Waals surface area contributed by atoms with Crippen molar-refractivity contribution in [2.45, 2.75) is 20.0 Å². The van der Waals surface area contributed by atoms with Gasteiger partial charge < -0.3 is 5.11 Å². The van der Waals surface area contributed by atoms with Crippen LogP contribution in [0, 0.1) is 13.8 Å². The molecule has 0 fully saturated rings. The minimum Gasteiger partial charge on any atom is -0.382 e. The number of para-hydroxylation sites is 1. The molecule has 2 heterocycles. The number of thiophene rings is 1. The number of benzene rings is 1. The Morgan fingerprint density at radius 2 is 1.95 bits per heavy atom. The Labute approximate surface area is 116 Å². The molecule has 1 unspecified atom stereocenters. The Morgan fingerprint density at radius 1 is 1.16 bits per heavy atom. The van der Waals surface area contributed by atoms with Gasteiger partial charge in [-0.15, -0.1) is 11.3 Å². The number of aryl methyl sites for hydroxylation is 2. The van der Waals surface area contributed by atoms with E-state index in [2.05, 4.69) is 18.0 Å². The summed E-state index contributed by atoms with van der Waals surface area (Å²) < 4.78 is 0. The molecule has 0 spiro atoms. The summed E-state index contributed by atoms with van der Waals surface area (Å²) in [6, 6.07) is 12.0. The van der Waals surface area contributed by atoms with Crippen molar-refractivity contribution in [3.63, 3.8) is 0 Å². The lowest BCUT2D eigenvalue weighted by Crippen LogP contribution is -2.03. The molecular weight excluding hydrogens is 254 g/mol. The number of pyridine rings is 1. The molecule has 0 aliphatic heterocycles. The zero-order valence-electron chi connectivity index (χ0n) is 10.9. The third-order valence-electron chi connectivity index (χ3n) is 3.42. The Kier molecular flexibility index (Phi) is 3.09. The lowest BCUT2D eigenvalue weighted by atomic mass is 10.0. The van der Waals surface area contributed by atoms with Crippen LogP contribution in [0.25, 0.3) is 10.9 Å². The molecule has 3 aromatic rings. The van der Waals surface area contributed by atoms with Crippen molar-refractivity contribution in [1.82, 2.24) is 4.98 Å². The van der Waals surface area contributed by atoms with Gasteiger partial charge in [0.15, 0.2) is 0 Å². The zero-order valence-corrected chi connectivity index (χ0v) is 11.7. The number of aliphatic hydroxyl groups excluding tert-OH is 1. The van der Waals surface area contributed by atoms with Gasteiger partial charge in [-0.05, 0) is 43.0 Å². The average Bonchev–Trinajstić information content (AvgIpc) is 2.84. The zero-order chi connectivity index (χ0) is 13.4. The molecule has 0 aliphatic rings. The number of fused-ring (bicyclic) bond motifs is 1. The molecule has 0 saturated carbocycles. The second kappa shape index (κ2) is 4.76. The highest BCUT2D eigenvalue weighted by Crippen LogP contribution is 2.29. The SMILES string of the molecule is Cc1sccc1C(O)c1cc(C)c2ccccc2n1. The second-order valence-corrected chi connectivity index (χ2v) is 5.84. The Balaban J connectivity index is 2.13. The number of aliphatic hydroxyl groups is 1. The molecule has 1 aromatic carbocycles. The number of rotatable bonds is 2. The first-order valence-corrected chi connectivity index (χ1v) is 7.13. The molecule has 3 rings (SSSR count). The van der Waals surface area contributed by atoms with Crippen LogP contribution in [0.5, 0.6) is 0 Å². The van der Waals surface area contributed by atoms with E-state index in [0.29, 0.717) is 0 Å². The summed E-state index contributed by atoms with van der Waals surface area (Å²) in [5.41, 5.74) is 3.75. The highest BCUT2D eigenvalue weighted by atomic mass is 32.1. The molecule has 1 atom stereocenters. The Bertz CT molecular complexity index is 732. The largest absolute Gasteiger partial charge is 0.382 e. The van der Waals surface area contributed by atoms with Gasteiger partial charge in [-0.25, -0.2) is 4.98 Å². The van der Waals surface area contributed by atoms with Crippen LogP contribution < -0.4 is 0 Å². The number of nitrogens with zero attached hydrogens (tertiary/aromatic N) is 1. The average molecular weight is 269 g/mol. The Morgan fingerprint density at radius 3 is 2.68 bits per heavy atom. The highest BCUT2D eigenvalue weighted by molar-refractivity contribution is 7.10. The van der Waals surface area contributed by atoms with Gasteiger partial charge >= 0.3 is 0 Å². The predicted octanol–water partition coefficient (Wildman–Crippen LogP) is 3.99. The minimum absolute atomic E-state index is 0.644. The van der Waals surface area contributed by atoms with E-state index < -0.39 is 6.10 Å². The van der Waals surface area contributed by atoms with Gasteiger partial charge in [-0.3, -0.25) is 0 Å². The second-order valence-electron chi connectivity index (χ2n) is 4.72. The van der Waals surface area contributed by atoms with Gasteiger partial charge in [0.25, 0.3) is 0 Å².